The smallest absolute Gasteiger partial charge is 0.222 e. The van der Waals surface area contributed by atoms with Crippen molar-refractivity contribution in [3.05, 3.63) is 24.4 Å². The maximum Gasteiger partial charge on any atom is 0.222 e. The number of hydrogen-bond acceptors (Lipinski definition) is 4. The Morgan fingerprint density at radius 1 is 1.46 bits per heavy atom. The van der Waals surface area contributed by atoms with E-state index in [1.807, 2.05) is 0 Å². The largest absolute Gasteiger partial charge is 0.362 e. The molecule has 0 amide bonds. The number of sulfone groups is 1. The van der Waals surface area contributed by atoms with E-state index in [0.29, 0.717) is 13.0 Å². The van der Waals surface area contributed by atoms with Crippen molar-refractivity contribution < 1.29 is 13.2 Å². The van der Waals surface area contributed by atoms with Crippen LogP contribution in [0.4, 0.5) is 0 Å². The van der Waals surface area contributed by atoms with Crippen molar-refractivity contribution in [3.8, 4) is 0 Å². The minimum Gasteiger partial charge on any atom is -0.362 e. The Labute approximate surface area is 76.5 Å². The average Bonchev–Trinajstić information content (AvgIpc) is 2.02. The number of rotatable bonds is 2. The highest BCUT2D eigenvalue weighted by Gasteiger charge is 2.34. The molecule has 1 saturated heterocycles. The summed E-state index contributed by atoms with van der Waals surface area (Å²) in [6.45, 7) is 0.525. The van der Waals surface area contributed by atoms with E-state index in [1.165, 1.54) is 12.3 Å². The van der Waals surface area contributed by atoms with Gasteiger partial charge in [-0.05, 0) is 12.1 Å². The second kappa shape index (κ2) is 3.08. The molecule has 0 aliphatic carbocycles. The number of pyridine rings is 1. The van der Waals surface area contributed by atoms with Crippen LogP contribution in [0, 0.1) is 0 Å². The van der Waals surface area contributed by atoms with Crippen molar-refractivity contribution in [3.63, 3.8) is 0 Å². The molecule has 1 fully saturated rings. The van der Waals surface area contributed by atoms with Gasteiger partial charge in [0, 0.05) is 12.6 Å². The number of ether oxygens (including phenoxy) is 1. The number of hydrogen-bond donors (Lipinski definition) is 0. The van der Waals surface area contributed by atoms with Gasteiger partial charge in [-0.25, -0.2) is 13.4 Å². The molecule has 0 N–H and O–H groups in total. The van der Waals surface area contributed by atoms with E-state index in [2.05, 4.69) is 4.98 Å². The summed E-state index contributed by atoms with van der Waals surface area (Å²) in [4.78, 5) is 3.79. The van der Waals surface area contributed by atoms with E-state index in [0.717, 1.165) is 0 Å². The highest BCUT2D eigenvalue weighted by Crippen LogP contribution is 2.23. The van der Waals surface area contributed by atoms with Gasteiger partial charge in [-0.15, -0.1) is 0 Å². The minimum absolute atomic E-state index is 0.0969. The third-order valence-corrected chi connectivity index (χ3v) is 3.82. The van der Waals surface area contributed by atoms with Crippen LogP contribution in [0.5, 0.6) is 0 Å². The summed E-state index contributed by atoms with van der Waals surface area (Å²) >= 11 is 0. The third-order valence-electron chi connectivity index (χ3n) is 1.93. The van der Waals surface area contributed by atoms with Crippen LogP contribution in [0.25, 0.3) is 0 Å². The molecule has 0 aromatic carbocycles. The van der Waals surface area contributed by atoms with E-state index in [1.54, 1.807) is 12.1 Å². The van der Waals surface area contributed by atoms with E-state index in [9.17, 15) is 8.42 Å². The Hall–Kier alpha value is -0.940. The van der Waals surface area contributed by atoms with Crippen LogP contribution in [0.15, 0.2) is 29.4 Å². The summed E-state index contributed by atoms with van der Waals surface area (Å²) in [5.74, 6) is 0. The highest BCUT2D eigenvalue weighted by molar-refractivity contribution is 7.91. The Morgan fingerprint density at radius 3 is 2.69 bits per heavy atom. The standard InChI is InChI=1S/C8H9NO3S/c10-13(11,8-4-6-12-8)7-3-1-2-5-9-7/h1-3,5,8H,4,6H2/t8-/m0/s1. The summed E-state index contributed by atoms with van der Waals surface area (Å²) in [7, 11) is -3.34. The fourth-order valence-corrected chi connectivity index (χ4v) is 2.54. The Bertz CT molecular complexity index is 383. The van der Waals surface area contributed by atoms with Crippen molar-refractivity contribution in [2.45, 2.75) is 16.9 Å². The van der Waals surface area contributed by atoms with Crippen LogP contribution < -0.4 is 0 Å². The summed E-state index contributed by atoms with van der Waals surface area (Å²) in [6, 6.07) is 4.82. The zero-order chi connectivity index (χ0) is 9.31. The highest BCUT2D eigenvalue weighted by atomic mass is 32.2. The van der Waals surface area contributed by atoms with Crippen LogP contribution >= 0.6 is 0 Å². The van der Waals surface area contributed by atoms with Crippen LogP contribution in [-0.4, -0.2) is 25.4 Å². The van der Waals surface area contributed by atoms with Gasteiger partial charge in [-0.2, -0.15) is 0 Å². The molecule has 1 aromatic rings. The van der Waals surface area contributed by atoms with E-state index < -0.39 is 15.3 Å². The molecule has 4 nitrogen and oxygen atoms in total. The molecule has 2 rings (SSSR count). The van der Waals surface area contributed by atoms with Crippen molar-refractivity contribution in [2.75, 3.05) is 6.61 Å². The molecule has 0 saturated carbocycles. The summed E-state index contributed by atoms with van der Waals surface area (Å²) in [5, 5.41) is 0.0969. The monoisotopic (exact) mass is 199 g/mol. The minimum atomic E-state index is -3.34. The maximum atomic E-state index is 11.6. The number of nitrogens with zero attached hydrogens (tertiary/aromatic N) is 1. The van der Waals surface area contributed by atoms with Crippen molar-refractivity contribution in [1.29, 1.82) is 0 Å². The van der Waals surface area contributed by atoms with Gasteiger partial charge in [0.1, 0.15) is 0 Å². The van der Waals surface area contributed by atoms with Crippen LogP contribution in [0.3, 0.4) is 0 Å². The van der Waals surface area contributed by atoms with E-state index in [4.69, 9.17) is 4.74 Å². The topological polar surface area (TPSA) is 56.3 Å². The Morgan fingerprint density at radius 2 is 2.23 bits per heavy atom. The van der Waals surface area contributed by atoms with Gasteiger partial charge in [0.05, 0.1) is 6.61 Å². The molecule has 0 spiro atoms. The molecule has 0 radical (unpaired) electrons. The fourth-order valence-electron chi connectivity index (χ4n) is 1.11. The van der Waals surface area contributed by atoms with Gasteiger partial charge in [0.2, 0.25) is 9.84 Å². The molecule has 5 heteroatoms. The van der Waals surface area contributed by atoms with Gasteiger partial charge in [-0.1, -0.05) is 6.07 Å². The second-order valence-corrected chi connectivity index (χ2v) is 4.84. The SMILES string of the molecule is O=S(=O)(c1ccccn1)[C@H]1CCO1. The molecule has 70 valence electrons. The quantitative estimate of drug-likeness (QED) is 0.700. The first kappa shape index (κ1) is 8.65. The first-order chi connectivity index (χ1) is 6.21. The Balaban J connectivity index is 2.35. The maximum absolute atomic E-state index is 11.6. The lowest BCUT2D eigenvalue weighted by atomic mass is 10.4. The van der Waals surface area contributed by atoms with Crippen molar-refractivity contribution >= 4 is 9.84 Å². The molecule has 1 aliphatic rings. The molecule has 2 heterocycles. The van der Waals surface area contributed by atoms with E-state index in [-0.39, 0.29) is 5.03 Å². The van der Waals surface area contributed by atoms with Crippen LogP contribution in [0.2, 0.25) is 0 Å². The zero-order valence-corrected chi connectivity index (χ0v) is 7.70. The molecule has 1 aromatic heterocycles. The van der Waals surface area contributed by atoms with Crippen molar-refractivity contribution in [2.24, 2.45) is 0 Å². The molecule has 1 atom stereocenters. The van der Waals surface area contributed by atoms with Crippen LogP contribution in [-0.2, 0) is 14.6 Å². The normalized spacial score (nSPS) is 22.3. The van der Waals surface area contributed by atoms with Crippen LogP contribution in [0.1, 0.15) is 6.42 Å². The predicted molar refractivity (Wildman–Crippen MR) is 45.8 cm³/mol. The summed E-state index contributed by atoms with van der Waals surface area (Å²) in [6.07, 6.45) is 2.03. The first-order valence-corrected chi connectivity index (χ1v) is 5.52. The molecule has 13 heavy (non-hydrogen) atoms. The molecular weight excluding hydrogens is 190 g/mol. The van der Waals surface area contributed by atoms with Gasteiger partial charge in [0.15, 0.2) is 10.5 Å². The third kappa shape index (κ3) is 1.45. The molecule has 1 aliphatic heterocycles. The summed E-state index contributed by atoms with van der Waals surface area (Å²) < 4.78 is 28.2. The van der Waals surface area contributed by atoms with Gasteiger partial charge in [-0.3, -0.25) is 0 Å². The van der Waals surface area contributed by atoms with Crippen molar-refractivity contribution in [1.82, 2.24) is 4.98 Å². The zero-order valence-electron chi connectivity index (χ0n) is 6.88. The molecule has 0 unspecified atom stereocenters. The lowest BCUT2D eigenvalue weighted by Gasteiger charge is -2.25. The van der Waals surface area contributed by atoms with Gasteiger partial charge in [0.25, 0.3) is 0 Å². The lowest BCUT2D eigenvalue weighted by molar-refractivity contribution is 0.00302. The van der Waals surface area contributed by atoms with Gasteiger partial charge >= 0.3 is 0 Å². The second-order valence-electron chi connectivity index (χ2n) is 2.80. The first-order valence-electron chi connectivity index (χ1n) is 3.98. The molecule has 0 bridgehead atoms. The Kier molecular flexibility index (Phi) is 2.05. The number of aromatic nitrogens is 1. The summed E-state index contributed by atoms with van der Waals surface area (Å²) in [5.41, 5.74) is -0.678. The van der Waals surface area contributed by atoms with Gasteiger partial charge < -0.3 is 4.74 Å². The average molecular weight is 199 g/mol. The molecular formula is C8H9NO3S. The fraction of sp³-hybridized carbons (Fsp3) is 0.375. The lowest BCUT2D eigenvalue weighted by Crippen LogP contribution is -2.35. The predicted octanol–water partition coefficient (Wildman–Crippen LogP) is 0.602. The van der Waals surface area contributed by atoms with E-state index >= 15 is 0 Å².